The van der Waals surface area contributed by atoms with Crippen LogP contribution in [0.2, 0.25) is 0 Å². The van der Waals surface area contributed by atoms with Crippen molar-refractivity contribution in [3.63, 3.8) is 0 Å². The van der Waals surface area contributed by atoms with Crippen molar-refractivity contribution in [2.45, 2.75) is 18.4 Å². The third-order valence-corrected chi connectivity index (χ3v) is 7.09. The number of rotatable bonds is 6. The maximum atomic E-state index is 13.0. The van der Waals surface area contributed by atoms with E-state index in [2.05, 4.69) is 62.6 Å². The fraction of sp³-hybridized carbons (Fsp3) is 0.476. The Hall–Kier alpha value is -1.21. The van der Waals surface area contributed by atoms with E-state index in [0.29, 0.717) is 5.92 Å². The van der Waals surface area contributed by atoms with Gasteiger partial charge in [0.05, 0.1) is 19.3 Å². The molecule has 1 aromatic heterocycles. The van der Waals surface area contributed by atoms with Crippen LogP contribution in [0.4, 0.5) is 0 Å². The summed E-state index contributed by atoms with van der Waals surface area (Å²) in [5.41, 5.74) is 1.27. The molecule has 4 nitrogen and oxygen atoms in total. The number of nitrogens with zero attached hydrogens (tertiary/aromatic N) is 2. The third-order valence-electron chi connectivity index (χ3n) is 5.59. The molecule has 1 saturated heterocycles. The Labute approximate surface area is 173 Å². The van der Waals surface area contributed by atoms with Crippen molar-refractivity contribution in [3.8, 4) is 0 Å². The maximum absolute atomic E-state index is 13.0. The van der Waals surface area contributed by atoms with Crippen molar-refractivity contribution >= 4 is 33.2 Å². The molecule has 144 valence electrons. The van der Waals surface area contributed by atoms with E-state index in [1.165, 1.54) is 10.4 Å². The molecule has 2 heterocycles. The average Bonchev–Trinajstić information content (AvgIpc) is 3.31. The SMILES string of the molecule is CN(CC(c1cccs1)N1CCOCC1)C(=O)C1CC1c1ccc(Br)cc1. The second kappa shape index (κ2) is 8.43. The van der Waals surface area contributed by atoms with Crippen molar-refractivity contribution in [3.05, 3.63) is 56.7 Å². The number of thiophene rings is 1. The Morgan fingerprint density at radius 2 is 2.04 bits per heavy atom. The van der Waals surface area contributed by atoms with Crippen LogP contribution >= 0.6 is 27.3 Å². The van der Waals surface area contributed by atoms with Crippen LogP contribution in [-0.2, 0) is 9.53 Å². The first-order valence-electron chi connectivity index (χ1n) is 9.49. The van der Waals surface area contributed by atoms with Gasteiger partial charge in [0.2, 0.25) is 5.91 Å². The van der Waals surface area contributed by atoms with Crippen molar-refractivity contribution in [1.29, 1.82) is 0 Å². The molecule has 1 aliphatic carbocycles. The first-order valence-corrected chi connectivity index (χ1v) is 11.2. The molecule has 0 N–H and O–H groups in total. The van der Waals surface area contributed by atoms with E-state index in [1.807, 2.05) is 11.9 Å². The number of hydrogen-bond donors (Lipinski definition) is 0. The fourth-order valence-electron chi connectivity index (χ4n) is 3.93. The molecule has 2 aliphatic rings. The summed E-state index contributed by atoms with van der Waals surface area (Å²) >= 11 is 5.25. The van der Waals surface area contributed by atoms with E-state index in [-0.39, 0.29) is 17.9 Å². The quantitative estimate of drug-likeness (QED) is 0.665. The van der Waals surface area contributed by atoms with Crippen molar-refractivity contribution in [1.82, 2.24) is 9.80 Å². The van der Waals surface area contributed by atoms with E-state index in [1.54, 1.807) is 11.3 Å². The molecule has 1 aliphatic heterocycles. The Morgan fingerprint density at radius 1 is 1.30 bits per heavy atom. The normalized spacial score (nSPS) is 23.8. The van der Waals surface area contributed by atoms with Gasteiger partial charge in [-0.2, -0.15) is 0 Å². The van der Waals surface area contributed by atoms with Crippen LogP contribution in [0.25, 0.3) is 0 Å². The molecular formula is C21H25BrN2O2S. The lowest BCUT2D eigenvalue weighted by atomic mass is 10.1. The van der Waals surface area contributed by atoms with Crippen molar-refractivity contribution in [2.24, 2.45) is 5.92 Å². The molecule has 2 fully saturated rings. The Bertz CT molecular complexity index is 759. The number of carbonyl (C=O) groups excluding carboxylic acids is 1. The predicted molar refractivity (Wildman–Crippen MR) is 112 cm³/mol. The summed E-state index contributed by atoms with van der Waals surface area (Å²) in [7, 11) is 1.96. The van der Waals surface area contributed by atoms with Gasteiger partial charge in [-0.25, -0.2) is 0 Å². The molecule has 1 amide bonds. The Morgan fingerprint density at radius 3 is 2.70 bits per heavy atom. The molecule has 1 saturated carbocycles. The number of likely N-dealkylation sites (N-methyl/N-ethyl adjacent to an activating group) is 1. The minimum Gasteiger partial charge on any atom is -0.379 e. The predicted octanol–water partition coefficient (Wildman–Crippen LogP) is 4.15. The number of amides is 1. The molecule has 4 rings (SSSR count). The highest BCUT2D eigenvalue weighted by Crippen LogP contribution is 2.48. The minimum atomic E-state index is 0.129. The van der Waals surface area contributed by atoms with Gasteiger partial charge in [0, 0.05) is 41.9 Å². The number of ether oxygens (including phenoxy) is 1. The van der Waals surface area contributed by atoms with Gasteiger partial charge in [0.15, 0.2) is 0 Å². The summed E-state index contributed by atoms with van der Waals surface area (Å²) in [6.07, 6.45) is 0.964. The number of morpholine rings is 1. The molecule has 2 aromatic rings. The summed E-state index contributed by atoms with van der Waals surface area (Å²) in [6.45, 7) is 4.13. The fourth-order valence-corrected chi connectivity index (χ4v) is 5.05. The number of hydrogen-bond acceptors (Lipinski definition) is 4. The second-order valence-electron chi connectivity index (χ2n) is 7.40. The Balaban J connectivity index is 1.41. The van der Waals surface area contributed by atoms with E-state index < -0.39 is 0 Å². The topological polar surface area (TPSA) is 32.8 Å². The zero-order valence-electron chi connectivity index (χ0n) is 15.5. The van der Waals surface area contributed by atoms with Crippen LogP contribution < -0.4 is 0 Å². The van der Waals surface area contributed by atoms with Crippen molar-refractivity contribution in [2.75, 3.05) is 39.9 Å². The van der Waals surface area contributed by atoms with Crippen LogP contribution in [0.3, 0.4) is 0 Å². The van der Waals surface area contributed by atoms with Gasteiger partial charge >= 0.3 is 0 Å². The Kier molecular flexibility index (Phi) is 5.97. The van der Waals surface area contributed by atoms with E-state index >= 15 is 0 Å². The summed E-state index contributed by atoms with van der Waals surface area (Å²) in [4.78, 5) is 18.8. The summed E-state index contributed by atoms with van der Waals surface area (Å²) in [5.74, 6) is 0.777. The number of benzene rings is 1. The monoisotopic (exact) mass is 448 g/mol. The van der Waals surface area contributed by atoms with Crippen LogP contribution in [0.1, 0.15) is 28.8 Å². The van der Waals surface area contributed by atoms with Gasteiger partial charge in [-0.05, 0) is 41.5 Å². The molecule has 0 radical (unpaired) electrons. The van der Waals surface area contributed by atoms with Gasteiger partial charge in [0.1, 0.15) is 0 Å². The highest BCUT2D eigenvalue weighted by molar-refractivity contribution is 9.10. The molecule has 1 aromatic carbocycles. The molecular weight excluding hydrogens is 424 g/mol. The lowest BCUT2D eigenvalue weighted by molar-refractivity contribution is -0.132. The molecule has 27 heavy (non-hydrogen) atoms. The molecule has 3 unspecified atom stereocenters. The van der Waals surface area contributed by atoms with Gasteiger partial charge in [0.25, 0.3) is 0 Å². The third kappa shape index (κ3) is 4.45. The summed E-state index contributed by atoms with van der Waals surface area (Å²) in [5, 5.41) is 2.12. The van der Waals surface area contributed by atoms with Crippen molar-refractivity contribution < 1.29 is 9.53 Å². The van der Waals surface area contributed by atoms with Crippen LogP contribution in [-0.4, -0.2) is 55.6 Å². The molecule has 3 atom stereocenters. The summed E-state index contributed by atoms with van der Waals surface area (Å²) < 4.78 is 6.60. The highest BCUT2D eigenvalue weighted by atomic mass is 79.9. The molecule has 0 bridgehead atoms. The van der Waals surface area contributed by atoms with Crippen LogP contribution in [0.5, 0.6) is 0 Å². The summed E-state index contributed by atoms with van der Waals surface area (Å²) in [6, 6.07) is 12.9. The first kappa shape index (κ1) is 19.1. The van der Waals surface area contributed by atoms with E-state index in [4.69, 9.17) is 4.74 Å². The lowest BCUT2D eigenvalue weighted by Gasteiger charge is -2.36. The number of halogens is 1. The first-order chi connectivity index (χ1) is 13.1. The zero-order chi connectivity index (χ0) is 18.8. The zero-order valence-corrected chi connectivity index (χ0v) is 17.9. The van der Waals surface area contributed by atoms with Crippen LogP contribution in [0, 0.1) is 5.92 Å². The second-order valence-corrected chi connectivity index (χ2v) is 9.29. The smallest absolute Gasteiger partial charge is 0.226 e. The highest BCUT2D eigenvalue weighted by Gasteiger charge is 2.45. The van der Waals surface area contributed by atoms with E-state index in [0.717, 1.165) is 43.7 Å². The largest absolute Gasteiger partial charge is 0.379 e. The average molecular weight is 449 g/mol. The van der Waals surface area contributed by atoms with Gasteiger partial charge in [-0.15, -0.1) is 11.3 Å². The van der Waals surface area contributed by atoms with Gasteiger partial charge in [-0.1, -0.05) is 34.1 Å². The standard InChI is InChI=1S/C21H25BrN2O2S/c1-23(21(25)18-13-17(18)15-4-6-16(22)7-5-15)14-19(20-3-2-12-27-20)24-8-10-26-11-9-24/h2-7,12,17-19H,8-11,13-14H2,1H3. The van der Waals surface area contributed by atoms with Gasteiger partial charge < -0.3 is 9.64 Å². The minimum absolute atomic E-state index is 0.129. The lowest BCUT2D eigenvalue weighted by Crippen LogP contribution is -2.44. The molecule has 0 spiro atoms. The van der Waals surface area contributed by atoms with Gasteiger partial charge in [-0.3, -0.25) is 9.69 Å². The number of carbonyl (C=O) groups is 1. The van der Waals surface area contributed by atoms with Crippen LogP contribution in [0.15, 0.2) is 46.3 Å². The van der Waals surface area contributed by atoms with E-state index in [9.17, 15) is 4.79 Å². The molecule has 6 heteroatoms. The maximum Gasteiger partial charge on any atom is 0.226 e.